The normalized spacial score (nSPS) is 10.6. The molecular formula is C17H16N4S. The monoisotopic (exact) mass is 308 g/mol. The number of hydrogen-bond donors (Lipinski definition) is 2. The fraction of sp³-hybridized carbons (Fsp3) is 0.118. The lowest BCUT2D eigenvalue weighted by atomic mass is 10.1. The van der Waals surface area contributed by atoms with Gasteiger partial charge in [-0.15, -0.1) is 0 Å². The van der Waals surface area contributed by atoms with E-state index in [0.29, 0.717) is 17.2 Å². The van der Waals surface area contributed by atoms with Crippen LogP contribution in [-0.2, 0) is 6.54 Å². The summed E-state index contributed by atoms with van der Waals surface area (Å²) in [6.45, 7) is 2.53. The molecule has 0 fully saturated rings. The van der Waals surface area contributed by atoms with Gasteiger partial charge in [0.05, 0.1) is 17.3 Å². The molecule has 0 aliphatic rings. The Balaban J connectivity index is 1.87. The van der Waals surface area contributed by atoms with E-state index in [0.717, 1.165) is 16.8 Å². The molecule has 110 valence electrons. The third-order valence-corrected chi connectivity index (χ3v) is 3.29. The lowest BCUT2D eigenvalue weighted by Gasteiger charge is -2.08. The summed E-state index contributed by atoms with van der Waals surface area (Å²) in [4.78, 5) is 0. The summed E-state index contributed by atoms with van der Waals surface area (Å²) in [6, 6.07) is 19.3. The molecule has 4 nitrogen and oxygen atoms in total. The molecule has 22 heavy (non-hydrogen) atoms. The largest absolute Gasteiger partial charge is 0.357 e. The first-order chi connectivity index (χ1) is 10.7. The van der Waals surface area contributed by atoms with Gasteiger partial charge in [-0.25, -0.2) is 0 Å². The molecule has 2 rings (SSSR count). The second-order valence-corrected chi connectivity index (χ2v) is 5.07. The van der Waals surface area contributed by atoms with Crippen LogP contribution in [0.5, 0.6) is 0 Å². The number of nitrogens with one attached hydrogen (secondary N) is 2. The minimum absolute atomic E-state index is 0.469. The van der Waals surface area contributed by atoms with Crippen molar-refractivity contribution < 1.29 is 0 Å². The molecule has 0 spiro atoms. The summed E-state index contributed by atoms with van der Waals surface area (Å²) < 4.78 is 0. The Bertz CT molecular complexity index is 700. The molecule has 0 aromatic heterocycles. The zero-order chi connectivity index (χ0) is 15.8. The van der Waals surface area contributed by atoms with Crippen molar-refractivity contribution in [1.82, 2.24) is 10.7 Å². The molecule has 0 aliphatic heterocycles. The second kappa shape index (κ2) is 7.91. The molecule has 0 heterocycles. The molecule has 0 unspecified atom stereocenters. The first-order valence-corrected chi connectivity index (χ1v) is 7.22. The average molecular weight is 308 g/mol. The zero-order valence-electron chi connectivity index (χ0n) is 12.2. The van der Waals surface area contributed by atoms with E-state index < -0.39 is 0 Å². The number of nitriles is 1. The minimum Gasteiger partial charge on any atom is -0.357 e. The van der Waals surface area contributed by atoms with Gasteiger partial charge in [0.25, 0.3) is 0 Å². The van der Waals surface area contributed by atoms with E-state index in [2.05, 4.69) is 21.9 Å². The van der Waals surface area contributed by atoms with Crippen LogP contribution in [0, 0.1) is 11.3 Å². The van der Waals surface area contributed by atoms with Gasteiger partial charge < -0.3 is 5.32 Å². The van der Waals surface area contributed by atoms with E-state index in [-0.39, 0.29) is 0 Å². The molecule has 5 heteroatoms. The molecule has 2 N–H and O–H groups in total. The van der Waals surface area contributed by atoms with Crippen molar-refractivity contribution in [2.45, 2.75) is 13.5 Å². The number of thiocarbonyl (C=S) groups is 1. The highest BCUT2D eigenvalue weighted by Crippen LogP contribution is 2.04. The van der Waals surface area contributed by atoms with Gasteiger partial charge in [-0.2, -0.15) is 10.4 Å². The van der Waals surface area contributed by atoms with Gasteiger partial charge in [0.15, 0.2) is 5.11 Å². The number of nitrogens with zero attached hydrogens (tertiary/aromatic N) is 2. The van der Waals surface area contributed by atoms with Crippen molar-refractivity contribution in [3.8, 4) is 6.07 Å². The van der Waals surface area contributed by atoms with Crippen molar-refractivity contribution in [2.24, 2.45) is 5.10 Å². The molecule has 0 atom stereocenters. The molecule has 0 saturated carbocycles. The third-order valence-electron chi connectivity index (χ3n) is 3.05. The maximum Gasteiger partial charge on any atom is 0.187 e. The Morgan fingerprint density at radius 3 is 2.45 bits per heavy atom. The first kappa shape index (κ1) is 15.7. The summed E-state index contributed by atoms with van der Waals surface area (Å²) in [5.74, 6) is 0. The van der Waals surface area contributed by atoms with Crippen LogP contribution in [0.1, 0.15) is 23.6 Å². The van der Waals surface area contributed by atoms with Gasteiger partial charge in [0.1, 0.15) is 0 Å². The van der Waals surface area contributed by atoms with Crippen molar-refractivity contribution >= 4 is 23.0 Å². The van der Waals surface area contributed by atoms with Gasteiger partial charge in [-0.3, -0.25) is 5.43 Å². The highest BCUT2D eigenvalue weighted by atomic mass is 32.1. The highest BCUT2D eigenvalue weighted by Gasteiger charge is 1.99. The smallest absolute Gasteiger partial charge is 0.187 e. The molecule has 0 radical (unpaired) electrons. The van der Waals surface area contributed by atoms with Crippen LogP contribution >= 0.6 is 12.2 Å². The molecule has 0 bridgehead atoms. The number of benzene rings is 2. The number of rotatable bonds is 4. The Kier molecular flexibility index (Phi) is 5.64. The van der Waals surface area contributed by atoms with E-state index in [1.807, 2.05) is 49.4 Å². The van der Waals surface area contributed by atoms with Crippen molar-refractivity contribution in [2.75, 3.05) is 0 Å². The van der Waals surface area contributed by atoms with Crippen LogP contribution in [0.15, 0.2) is 59.7 Å². The average Bonchev–Trinajstić information content (AvgIpc) is 2.58. The van der Waals surface area contributed by atoms with E-state index in [4.69, 9.17) is 17.5 Å². The van der Waals surface area contributed by atoms with Crippen molar-refractivity contribution in [3.63, 3.8) is 0 Å². The minimum atomic E-state index is 0.469. The Labute approximate surface area is 135 Å². The van der Waals surface area contributed by atoms with Gasteiger partial charge in [0.2, 0.25) is 0 Å². The van der Waals surface area contributed by atoms with Crippen molar-refractivity contribution in [1.29, 1.82) is 5.26 Å². The van der Waals surface area contributed by atoms with E-state index in [1.54, 1.807) is 12.1 Å². The summed E-state index contributed by atoms with van der Waals surface area (Å²) in [6.07, 6.45) is 0. The van der Waals surface area contributed by atoms with Crippen LogP contribution in [-0.4, -0.2) is 10.8 Å². The molecule has 0 amide bonds. The maximum atomic E-state index is 8.78. The van der Waals surface area contributed by atoms with E-state index in [9.17, 15) is 0 Å². The van der Waals surface area contributed by atoms with Crippen LogP contribution in [0.4, 0.5) is 0 Å². The Morgan fingerprint density at radius 1 is 1.14 bits per heavy atom. The van der Waals surface area contributed by atoms with Crippen LogP contribution in [0.3, 0.4) is 0 Å². The second-order valence-electron chi connectivity index (χ2n) is 4.67. The molecular weight excluding hydrogens is 292 g/mol. The number of hydrazone groups is 1. The van der Waals surface area contributed by atoms with Crippen LogP contribution < -0.4 is 10.7 Å². The fourth-order valence-electron chi connectivity index (χ4n) is 1.80. The standard InChI is InChI=1S/C17H16N4S/c1-13(16-9-7-14(11-18)8-10-16)20-21-17(22)19-12-15-5-3-2-4-6-15/h2-10H,12H2,1H3,(H2,19,21,22)/b20-13-. The third kappa shape index (κ3) is 4.69. The lowest BCUT2D eigenvalue weighted by molar-refractivity contribution is 0.866. The van der Waals surface area contributed by atoms with Crippen molar-refractivity contribution in [3.05, 3.63) is 71.3 Å². The molecule has 2 aromatic carbocycles. The predicted octanol–water partition coefficient (Wildman–Crippen LogP) is 2.95. The number of hydrogen-bond acceptors (Lipinski definition) is 3. The van der Waals surface area contributed by atoms with Gasteiger partial charge in [-0.1, -0.05) is 42.5 Å². The van der Waals surface area contributed by atoms with E-state index >= 15 is 0 Å². The molecule has 2 aromatic rings. The topological polar surface area (TPSA) is 60.2 Å². The fourth-order valence-corrected chi connectivity index (χ4v) is 1.92. The Morgan fingerprint density at radius 2 is 1.82 bits per heavy atom. The van der Waals surface area contributed by atoms with Gasteiger partial charge >= 0.3 is 0 Å². The summed E-state index contributed by atoms with van der Waals surface area (Å²) >= 11 is 5.19. The summed E-state index contributed by atoms with van der Waals surface area (Å²) in [5.41, 5.74) is 6.35. The Hall–Kier alpha value is -2.71. The zero-order valence-corrected chi connectivity index (χ0v) is 13.0. The summed E-state index contributed by atoms with van der Waals surface area (Å²) in [5, 5.41) is 16.6. The highest BCUT2D eigenvalue weighted by molar-refractivity contribution is 7.80. The maximum absolute atomic E-state index is 8.78. The molecule has 0 saturated heterocycles. The van der Waals surface area contributed by atoms with Crippen LogP contribution in [0.25, 0.3) is 0 Å². The first-order valence-electron chi connectivity index (χ1n) is 6.81. The molecule has 0 aliphatic carbocycles. The lowest BCUT2D eigenvalue weighted by Crippen LogP contribution is -2.32. The SMILES string of the molecule is C/C(=N/NC(=S)NCc1ccccc1)c1ccc(C#N)cc1. The summed E-state index contributed by atoms with van der Waals surface area (Å²) in [7, 11) is 0. The van der Waals surface area contributed by atoms with Gasteiger partial charge in [-0.05, 0) is 42.4 Å². The quantitative estimate of drug-likeness (QED) is 0.518. The van der Waals surface area contributed by atoms with Gasteiger partial charge in [0, 0.05) is 6.54 Å². The predicted molar refractivity (Wildman–Crippen MR) is 92.4 cm³/mol. The van der Waals surface area contributed by atoms with Crippen LogP contribution in [0.2, 0.25) is 0 Å². The van der Waals surface area contributed by atoms with E-state index in [1.165, 1.54) is 0 Å².